The first-order valence-corrected chi connectivity index (χ1v) is 5.46. The number of aliphatic hydroxyl groups is 1. The van der Waals surface area contributed by atoms with Gasteiger partial charge in [0.05, 0.1) is 12.2 Å². The minimum atomic E-state index is -0.458. The van der Waals surface area contributed by atoms with Crippen molar-refractivity contribution in [2.24, 2.45) is 5.92 Å². The molecule has 0 spiro atoms. The lowest BCUT2D eigenvalue weighted by Crippen LogP contribution is -2.11. The van der Waals surface area contributed by atoms with Crippen LogP contribution >= 0.6 is 0 Å². The summed E-state index contributed by atoms with van der Waals surface area (Å²) in [7, 11) is 0. The molecule has 1 atom stereocenters. The summed E-state index contributed by atoms with van der Waals surface area (Å²) in [6, 6.07) is 7.67. The molecule has 0 amide bonds. The maximum absolute atomic E-state index is 10.0. The Balaban J connectivity index is 2.95. The third-order valence-corrected chi connectivity index (χ3v) is 2.23. The Hall–Kier alpha value is -1.02. The Kier molecular flexibility index (Phi) is 4.15. The Morgan fingerprint density at radius 1 is 1.07 bits per heavy atom. The molecule has 0 heterocycles. The highest BCUT2D eigenvalue weighted by Gasteiger charge is 2.16. The summed E-state index contributed by atoms with van der Waals surface area (Å²) >= 11 is 0. The minimum absolute atomic E-state index is 0.130. The normalized spacial score (nSPS) is 13.3. The van der Waals surface area contributed by atoms with Crippen LogP contribution in [-0.4, -0.2) is 11.2 Å². The monoisotopic (exact) mass is 208 g/mol. The highest BCUT2D eigenvalue weighted by molar-refractivity contribution is 5.35. The fourth-order valence-electron chi connectivity index (χ4n) is 1.45. The molecule has 2 heteroatoms. The van der Waals surface area contributed by atoms with E-state index < -0.39 is 6.10 Å². The van der Waals surface area contributed by atoms with E-state index >= 15 is 0 Å². The lowest BCUT2D eigenvalue weighted by atomic mass is 9.98. The van der Waals surface area contributed by atoms with E-state index in [4.69, 9.17) is 4.74 Å². The van der Waals surface area contributed by atoms with Gasteiger partial charge in [0.25, 0.3) is 0 Å². The molecular formula is C13H20O2. The largest absolute Gasteiger partial charge is 0.491 e. The molecule has 1 unspecified atom stereocenters. The Morgan fingerprint density at radius 3 is 2.20 bits per heavy atom. The van der Waals surface area contributed by atoms with Gasteiger partial charge in [-0.05, 0) is 25.8 Å². The van der Waals surface area contributed by atoms with Crippen molar-refractivity contribution in [1.29, 1.82) is 0 Å². The summed E-state index contributed by atoms with van der Waals surface area (Å²) in [4.78, 5) is 0. The molecule has 2 nitrogen and oxygen atoms in total. The predicted octanol–water partition coefficient (Wildman–Crippen LogP) is 3.16. The molecule has 0 aliphatic carbocycles. The van der Waals surface area contributed by atoms with Crippen LogP contribution in [0.25, 0.3) is 0 Å². The third kappa shape index (κ3) is 3.24. The van der Waals surface area contributed by atoms with Gasteiger partial charge in [0.2, 0.25) is 0 Å². The van der Waals surface area contributed by atoms with E-state index in [1.165, 1.54) is 0 Å². The molecule has 0 bridgehead atoms. The molecule has 0 fully saturated rings. The van der Waals surface area contributed by atoms with Gasteiger partial charge in [0.15, 0.2) is 0 Å². The molecule has 1 rings (SSSR count). The SMILES string of the molecule is CC(C)Oc1ccccc1C(O)C(C)C. The number of hydrogen-bond acceptors (Lipinski definition) is 2. The van der Waals surface area contributed by atoms with Crippen molar-refractivity contribution >= 4 is 0 Å². The second-order valence-electron chi connectivity index (χ2n) is 4.39. The number of para-hydroxylation sites is 1. The fourth-order valence-corrected chi connectivity index (χ4v) is 1.45. The van der Waals surface area contributed by atoms with Gasteiger partial charge in [-0.2, -0.15) is 0 Å². The maximum Gasteiger partial charge on any atom is 0.125 e. The molecule has 0 aliphatic rings. The van der Waals surface area contributed by atoms with Crippen LogP contribution in [0.5, 0.6) is 5.75 Å². The van der Waals surface area contributed by atoms with Crippen molar-refractivity contribution in [1.82, 2.24) is 0 Å². The van der Waals surface area contributed by atoms with Crippen molar-refractivity contribution in [2.75, 3.05) is 0 Å². The molecule has 1 N–H and O–H groups in total. The summed E-state index contributed by atoms with van der Waals surface area (Å²) in [6.45, 7) is 7.96. The smallest absolute Gasteiger partial charge is 0.125 e. The minimum Gasteiger partial charge on any atom is -0.491 e. The van der Waals surface area contributed by atoms with Crippen LogP contribution in [0.15, 0.2) is 24.3 Å². The van der Waals surface area contributed by atoms with Gasteiger partial charge in [-0.1, -0.05) is 32.0 Å². The maximum atomic E-state index is 10.0. The molecule has 0 saturated heterocycles. The van der Waals surface area contributed by atoms with Crippen LogP contribution in [0.1, 0.15) is 39.4 Å². The molecule has 0 saturated carbocycles. The zero-order valence-corrected chi connectivity index (χ0v) is 9.90. The van der Waals surface area contributed by atoms with Gasteiger partial charge in [0, 0.05) is 5.56 Å². The fraction of sp³-hybridized carbons (Fsp3) is 0.538. The zero-order valence-electron chi connectivity index (χ0n) is 9.90. The van der Waals surface area contributed by atoms with Crippen LogP contribution in [0.3, 0.4) is 0 Å². The first kappa shape index (κ1) is 12.1. The van der Waals surface area contributed by atoms with Crippen LogP contribution in [0.4, 0.5) is 0 Å². The standard InChI is InChI=1S/C13H20O2/c1-9(2)13(14)11-7-5-6-8-12(11)15-10(3)4/h5-10,13-14H,1-4H3. The van der Waals surface area contributed by atoms with E-state index in [1.54, 1.807) is 0 Å². The highest BCUT2D eigenvalue weighted by atomic mass is 16.5. The first-order chi connectivity index (χ1) is 7.02. The van der Waals surface area contributed by atoms with Gasteiger partial charge < -0.3 is 9.84 Å². The van der Waals surface area contributed by atoms with Crippen LogP contribution < -0.4 is 4.74 Å². The van der Waals surface area contributed by atoms with Crippen molar-refractivity contribution in [3.05, 3.63) is 29.8 Å². The van der Waals surface area contributed by atoms with Gasteiger partial charge in [-0.25, -0.2) is 0 Å². The summed E-state index contributed by atoms with van der Waals surface area (Å²) in [6.07, 6.45) is -0.328. The van der Waals surface area contributed by atoms with Gasteiger partial charge >= 0.3 is 0 Å². The Morgan fingerprint density at radius 2 is 1.67 bits per heavy atom. The van der Waals surface area contributed by atoms with Crippen molar-refractivity contribution in [3.63, 3.8) is 0 Å². The van der Waals surface area contributed by atoms with E-state index in [0.29, 0.717) is 0 Å². The van der Waals surface area contributed by atoms with E-state index in [0.717, 1.165) is 11.3 Å². The molecule has 15 heavy (non-hydrogen) atoms. The van der Waals surface area contributed by atoms with Crippen molar-refractivity contribution < 1.29 is 9.84 Å². The zero-order chi connectivity index (χ0) is 11.4. The second kappa shape index (κ2) is 5.17. The molecule has 0 aromatic heterocycles. The number of rotatable bonds is 4. The van der Waals surface area contributed by atoms with Crippen LogP contribution in [0, 0.1) is 5.92 Å². The summed E-state index contributed by atoms with van der Waals surface area (Å²) in [5, 5.41) is 10.0. The van der Waals surface area contributed by atoms with Crippen molar-refractivity contribution in [2.45, 2.75) is 39.9 Å². The van der Waals surface area contributed by atoms with E-state index in [2.05, 4.69) is 0 Å². The van der Waals surface area contributed by atoms with Gasteiger partial charge in [0.1, 0.15) is 5.75 Å². The highest BCUT2D eigenvalue weighted by Crippen LogP contribution is 2.30. The third-order valence-electron chi connectivity index (χ3n) is 2.23. The summed E-state index contributed by atoms with van der Waals surface area (Å²) in [5.74, 6) is 0.982. The molecule has 1 aromatic rings. The lowest BCUT2D eigenvalue weighted by Gasteiger charge is -2.20. The Bertz CT molecular complexity index is 305. The molecule has 1 aromatic carbocycles. The number of ether oxygens (including phenoxy) is 1. The number of hydrogen-bond donors (Lipinski definition) is 1. The van der Waals surface area contributed by atoms with E-state index in [1.807, 2.05) is 52.0 Å². The topological polar surface area (TPSA) is 29.5 Å². The van der Waals surface area contributed by atoms with Crippen molar-refractivity contribution in [3.8, 4) is 5.75 Å². The molecule has 0 radical (unpaired) electrons. The molecule has 84 valence electrons. The Labute approximate surface area is 91.9 Å². The quantitative estimate of drug-likeness (QED) is 0.823. The van der Waals surface area contributed by atoms with Gasteiger partial charge in [-0.3, -0.25) is 0 Å². The van der Waals surface area contributed by atoms with E-state index in [-0.39, 0.29) is 12.0 Å². The molecule has 0 aliphatic heterocycles. The summed E-state index contributed by atoms with van der Waals surface area (Å²) < 4.78 is 5.66. The second-order valence-corrected chi connectivity index (χ2v) is 4.39. The van der Waals surface area contributed by atoms with E-state index in [9.17, 15) is 5.11 Å². The first-order valence-electron chi connectivity index (χ1n) is 5.46. The number of aliphatic hydroxyl groups excluding tert-OH is 1. The average molecular weight is 208 g/mol. The van der Waals surface area contributed by atoms with Gasteiger partial charge in [-0.15, -0.1) is 0 Å². The molecular weight excluding hydrogens is 188 g/mol. The average Bonchev–Trinajstić information content (AvgIpc) is 2.16. The lowest BCUT2D eigenvalue weighted by molar-refractivity contribution is 0.120. The predicted molar refractivity (Wildman–Crippen MR) is 62.0 cm³/mol. The number of benzene rings is 1. The van der Waals surface area contributed by atoms with Crippen LogP contribution in [0.2, 0.25) is 0 Å². The summed E-state index contributed by atoms with van der Waals surface area (Å²) in [5.41, 5.74) is 0.876. The van der Waals surface area contributed by atoms with Crippen LogP contribution in [-0.2, 0) is 0 Å².